The molecule has 1 saturated carbocycles. The van der Waals surface area contributed by atoms with Gasteiger partial charge in [0.25, 0.3) is 5.56 Å². The van der Waals surface area contributed by atoms with Gasteiger partial charge in [-0.2, -0.15) is 18.3 Å². The number of hydrogen-bond donors (Lipinski definition) is 0. The Hall–Kier alpha value is -2.49. The van der Waals surface area contributed by atoms with Crippen LogP contribution in [0.2, 0.25) is 0 Å². The molecular weight excluding hydrogens is 385 g/mol. The lowest BCUT2D eigenvalue weighted by molar-refractivity contribution is -0.141. The van der Waals surface area contributed by atoms with Crippen molar-refractivity contribution in [3.63, 3.8) is 0 Å². The minimum atomic E-state index is -4.48. The van der Waals surface area contributed by atoms with Crippen molar-refractivity contribution in [1.29, 1.82) is 0 Å². The van der Waals surface area contributed by atoms with Crippen molar-refractivity contribution in [2.24, 2.45) is 7.05 Å². The molecule has 1 saturated heterocycles. The second-order valence-electron chi connectivity index (χ2n) is 7.73. The second kappa shape index (κ2) is 7.74. The molecule has 0 N–H and O–H groups in total. The number of nitrogens with zero attached hydrogens (tertiary/aromatic N) is 6. The third-order valence-corrected chi connectivity index (χ3v) is 5.53. The largest absolute Gasteiger partial charge is 0.433 e. The van der Waals surface area contributed by atoms with E-state index in [2.05, 4.69) is 24.9 Å². The zero-order valence-electron chi connectivity index (χ0n) is 16.1. The maximum absolute atomic E-state index is 13.1. The highest BCUT2D eigenvalue weighted by Crippen LogP contribution is 2.37. The van der Waals surface area contributed by atoms with E-state index in [-0.39, 0.29) is 17.6 Å². The Morgan fingerprint density at radius 3 is 2.41 bits per heavy atom. The Bertz CT molecular complexity index is 919. The van der Waals surface area contributed by atoms with E-state index in [4.69, 9.17) is 0 Å². The van der Waals surface area contributed by atoms with Crippen molar-refractivity contribution in [2.75, 3.05) is 18.0 Å². The first kappa shape index (κ1) is 19.8. The quantitative estimate of drug-likeness (QED) is 0.756. The van der Waals surface area contributed by atoms with Crippen LogP contribution in [0.1, 0.15) is 36.9 Å². The molecule has 2 aromatic heterocycles. The van der Waals surface area contributed by atoms with Crippen molar-refractivity contribution in [3.8, 4) is 0 Å². The second-order valence-corrected chi connectivity index (χ2v) is 7.73. The minimum Gasteiger partial charge on any atom is -0.350 e. The summed E-state index contributed by atoms with van der Waals surface area (Å²) in [5.41, 5.74) is -0.165. The first-order chi connectivity index (χ1) is 13.8. The van der Waals surface area contributed by atoms with E-state index in [9.17, 15) is 18.0 Å². The van der Waals surface area contributed by atoms with Gasteiger partial charge in [-0.25, -0.2) is 14.6 Å². The maximum Gasteiger partial charge on any atom is 0.433 e. The van der Waals surface area contributed by atoms with Gasteiger partial charge in [-0.3, -0.25) is 9.69 Å². The number of anilines is 1. The lowest BCUT2D eigenvalue weighted by atomic mass is 10.0. The van der Waals surface area contributed by atoms with Crippen LogP contribution in [0, 0.1) is 0 Å². The standard InChI is InChI=1S/C19H23F3N6O/c1-26-18(29)8-13(10-25-26)11-27-6-4-15(5-7-27)28(14-2-3-14)17-9-16(19(20,21)22)23-12-24-17/h8-10,12,14-15H,2-7,11H2,1H3. The molecule has 0 atom stereocenters. The van der Waals surface area contributed by atoms with Crippen LogP contribution in [0.5, 0.6) is 0 Å². The number of aryl methyl sites for hydroxylation is 1. The van der Waals surface area contributed by atoms with Crippen LogP contribution in [-0.2, 0) is 19.8 Å². The first-order valence-corrected chi connectivity index (χ1v) is 9.73. The minimum absolute atomic E-state index is 0.137. The summed E-state index contributed by atoms with van der Waals surface area (Å²) in [5, 5.41) is 4.05. The van der Waals surface area contributed by atoms with E-state index in [1.54, 1.807) is 19.3 Å². The van der Waals surface area contributed by atoms with E-state index in [1.165, 1.54) is 4.68 Å². The Morgan fingerprint density at radius 1 is 1.10 bits per heavy atom. The summed E-state index contributed by atoms with van der Waals surface area (Å²) in [6, 6.07) is 3.06. The number of rotatable bonds is 5. The molecule has 2 aromatic rings. The summed E-state index contributed by atoms with van der Waals surface area (Å²) in [5.74, 6) is 0.365. The molecule has 1 aliphatic heterocycles. The van der Waals surface area contributed by atoms with Crippen molar-refractivity contribution in [3.05, 3.63) is 46.3 Å². The van der Waals surface area contributed by atoms with E-state index >= 15 is 0 Å². The van der Waals surface area contributed by atoms with Gasteiger partial charge in [-0.1, -0.05) is 0 Å². The molecule has 4 rings (SSSR count). The number of alkyl halides is 3. The average Bonchev–Trinajstić information content (AvgIpc) is 3.51. The van der Waals surface area contributed by atoms with E-state index in [0.29, 0.717) is 12.4 Å². The highest BCUT2D eigenvalue weighted by molar-refractivity contribution is 5.44. The van der Waals surface area contributed by atoms with Crippen molar-refractivity contribution < 1.29 is 13.2 Å². The molecule has 10 heteroatoms. The third kappa shape index (κ3) is 4.58. The van der Waals surface area contributed by atoms with Crippen LogP contribution in [0.25, 0.3) is 0 Å². The van der Waals surface area contributed by atoms with Gasteiger partial charge in [0, 0.05) is 50.9 Å². The summed E-state index contributed by atoms with van der Waals surface area (Å²) in [4.78, 5) is 23.6. The number of hydrogen-bond acceptors (Lipinski definition) is 6. The zero-order valence-corrected chi connectivity index (χ0v) is 16.1. The summed E-state index contributed by atoms with van der Waals surface area (Å²) in [6.45, 7) is 2.26. The molecule has 2 aliphatic rings. The number of aromatic nitrogens is 4. The summed E-state index contributed by atoms with van der Waals surface area (Å²) in [6.07, 6.45) is 1.85. The molecular formula is C19H23F3N6O. The van der Waals surface area contributed by atoms with Crippen molar-refractivity contribution in [2.45, 2.75) is 50.5 Å². The third-order valence-electron chi connectivity index (χ3n) is 5.53. The molecule has 0 amide bonds. The lowest BCUT2D eigenvalue weighted by Gasteiger charge is -2.39. The van der Waals surface area contributed by atoms with Gasteiger partial charge in [0.2, 0.25) is 0 Å². The average molecular weight is 408 g/mol. The Morgan fingerprint density at radius 2 is 1.79 bits per heavy atom. The highest BCUT2D eigenvalue weighted by Gasteiger charge is 2.38. The van der Waals surface area contributed by atoms with Crippen LogP contribution in [0.3, 0.4) is 0 Å². The Kier molecular flexibility index (Phi) is 5.28. The molecule has 0 spiro atoms. The molecule has 0 radical (unpaired) electrons. The molecule has 2 fully saturated rings. The van der Waals surface area contributed by atoms with Gasteiger partial charge in [0.05, 0.1) is 6.20 Å². The summed E-state index contributed by atoms with van der Waals surface area (Å²) < 4.78 is 40.5. The molecule has 3 heterocycles. The molecule has 0 unspecified atom stereocenters. The van der Waals surface area contributed by atoms with Crippen molar-refractivity contribution in [1.82, 2.24) is 24.6 Å². The molecule has 0 aromatic carbocycles. The monoisotopic (exact) mass is 408 g/mol. The molecule has 7 nitrogen and oxygen atoms in total. The van der Waals surface area contributed by atoms with Crippen LogP contribution in [0.15, 0.2) is 29.5 Å². The highest BCUT2D eigenvalue weighted by atomic mass is 19.4. The van der Waals surface area contributed by atoms with Crippen LogP contribution < -0.4 is 10.5 Å². The fourth-order valence-corrected chi connectivity index (χ4v) is 3.88. The smallest absolute Gasteiger partial charge is 0.350 e. The molecule has 0 bridgehead atoms. The maximum atomic E-state index is 13.1. The predicted molar refractivity (Wildman–Crippen MR) is 100 cm³/mol. The Labute approximate surface area is 166 Å². The van der Waals surface area contributed by atoms with Gasteiger partial charge < -0.3 is 4.90 Å². The van der Waals surface area contributed by atoms with Gasteiger partial charge in [-0.15, -0.1) is 0 Å². The number of piperidine rings is 1. The number of halogens is 3. The zero-order chi connectivity index (χ0) is 20.6. The number of likely N-dealkylation sites (tertiary alicyclic amines) is 1. The van der Waals surface area contributed by atoms with Gasteiger partial charge in [0.1, 0.15) is 17.8 Å². The topological polar surface area (TPSA) is 67.2 Å². The normalized spacial score (nSPS) is 18.8. The first-order valence-electron chi connectivity index (χ1n) is 9.73. The fraction of sp³-hybridized carbons (Fsp3) is 0.579. The molecule has 29 heavy (non-hydrogen) atoms. The van der Waals surface area contributed by atoms with E-state index in [1.807, 2.05) is 0 Å². The summed E-state index contributed by atoms with van der Waals surface area (Å²) >= 11 is 0. The van der Waals surface area contributed by atoms with Gasteiger partial charge in [0.15, 0.2) is 0 Å². The van der Waals surface area contributed by atoms with Gasteiger partial charge >= 0.3 is 6.18 Å². The van der Waals surface area contributed by atoms with Crippen LogP contribution in [0.4, 0.5) is 19.0 Å². The van der Waals surface area contributed by atoms with E-state index in [0.717, 1.165) is 56.7 Å². The van der Waals surface area contributed by atoms with Crippen LogP contribution >= 0.6 is 0 Å². The van der Waals surface area contributed by atoms with Crippen molar-refractivity contribution >= 4 is 5.82 Å². The SMILES string of the molecule is Cn1ncc(CN2CCC(N(c3cc(C(F)(F)F)ncn3)C3CC3)CC2)cc1=O. The van der Waals surface area contributed by atoms with E-state index < -0.39 is 11.9 Å². The van der Waals surface area contributed by atoms with Gasteiger partial charge in [-0.05, 0) is 31.2 Å². The molecule has 156 valence electrons. The Balaban J connectivity index is 1.43. The fourth-order valence-electron chi connectivity index (χ4n) is 3.88. The molecule has 1 aliphatic carbocycles. The predicted octanol–water partition coefficient (Wildman–Crippen LogP) is 2.22. The van der Waals surface area contributed by atoms with Crippen LogP contribution in [-0.4, -0.2) is 49.8 Å². The summed E-state index contributed by atoms with van der Waals surface area (Å²) in [7, 11) is 1.61. The lowest BCUT2D eigenvalue weighted by Crippen LogP contribution is -2.46.